The highest BCUT2D eigenvalue weighted by atomic mass is 32.2. The number of amides is 2. The molecule has 2 saturated heterocycles. The first kappa shape index (κ1) is 17.6. The van der Waals surface area contributed by atoms with Crippen molar-refractivity contribution in [1.82, 2.24) is 4.98 Å². The Bertz CT molecular complexity index is 538. The molecule has 24 heavy (non-hydrogen) atoms. The van der Waals surface area contributed by atoms with Crippen molar-refractivity contribution >= 4 is 46.7 Å². The van der Waals surface area contributed by atoms with Gasteiger partial charge in [-0.25, -0.2) is 0 Å². The largest absolute Gasteiger partial charge is 0.324 e. The number of hydrogen-bond donors (Lipinski definition) is 2. The molecule has 1 aromatic rings. The van der Waals surface area contributed by atoms with E-state index in [0.29, 0.717) is 11.4 Å². The summed E-state index contributed by atoms with van der Waals surface area (Å²) >= 11 is 3.81. The van der Waals surface area contributed by atoms with Crippen molar-refractivity contribution in [3.8, 4) is 0 Å². The number of carbonyl (C=O) groups excluding carboxylic acids is 2. The number of hydrogen-bond acceptors (Lipinski definition) is 5. The highest BCUT2D eigenvalue weighted by molar-refractivity contribution is 7.99. The molecule has 0 unspecified atom stereocenters. The summed E-state index contributed by atoms with van der Waals surface area (Å²) in [5, 5.41) is 5.88. The molecule has 2 fully saturated rings. The Labute approximate surface area is 151 Å². The number of thioether (sulfide) groups is 2. The molecule has 0 atom stereocenters. The van der Waals surface area contributed by atoms with Crippen molar-refractivity contribution in [3.05, 3.63) is 18.5 Å². The van der Waals surface area contributed by atoms with Crippen molar-refractivity contribution in [3.63, 3.8) is 0 Å². The van der Waals surface area contributed by atoms with Gasteiger partial charge >= 0.3 is 0 Å². The van der Waals surface area contributed by atoms with E-state index in [1.807, 2.05) is 23.5 Å². The second-order valence-electron chi connectivity index (χ2n) is 6.21. The summed E-state index contributed by atoms with van der Waals surface area (Å²) in [6, 6.07) is 1.79. The van der Waals surface area contributed by atoms with Crippen LogP contribution in [-0.4, -0.2) is 39.8 Å². The minimum atomic E-state index is 0.0601. The molecule has 0 radical (unpaired) electrons. The summed E-state index contributed by atoms with van der Waals surface area (Å²) in [5.74, 6) is 4.49. The van der Waals surface area contributed by atoms with Crippen LogP contribution >= 0.6 is 23.5 Å². The van der Waals surface area contributed by atoms with Crippen molar-refractivity contribution in [1.29, 1.82) is 0 Å². The second kappa shape index (κ2) is 8.76. The number of pyridine rings is 1. The standard InChI is InChI=1S/C17H23N3O2S2/c21-16(12-1-5-23-6-2-12)19-14-9-15(11-18-10-14)20-17(22)13-3-7-24-8-4-13/h9-13H,1-8H2,(H,19,21)(H,20,22). The maximum atomic E-state index is 12.3. The van der Waals surface area contributed by atoms with Crippen LogP contribution < -0.4 is 10.6 Å². The summed E-state index contributed by atoms with van der Waals surface area (Å²) in [6.07, 6.45) is 6.98. The molecule has 130 valence electrons. The zero-order valence-corrected chi connectivity index (χ0v) is 15.3. The van der Waals surface area contributed by atoms with Gasteiger partial charge < -0.3 is 10.6 Å². The number of nitrogens with one attached hydrogen (secondary N) is 2. The van der Waals surface area contributed by atoms with E-state index in [0.717, 1.165) is 48.7 Å². The van der Waals surface area contributed by atoms with Gasteiger partial charge in [0, 0.05) is 11.8 Å². The fourth-order valence-electron chi connectivity index (χ4n) is 2.98. The molecule has 7 heteroatoms. The molecular formula is C17H23N3O2S2. The fraction of sp³-hybridized carbons (Fsp3) is 0.588. The van der Waals surface area contributed by atoms with Gasteiger partial charge in [0.2, 0.25) is 11.8 Å². The maximum Gasteiger partial charge on any atom is 0.227 e. The Morgan fingerprint density at radius 1 is 0.833 bits per heavy atom. The smallest absolute Gasteiger partial charge is 0.227 e. The van der Waals surface area contributed by atoms with E-state index >= 15 is 0 Å². The molecule has 0 saturated carbocycles. The zero-order valence-electron chi connectivity index (χ0n) is 13.6. The van der Waals surface area contributed by atoms with Crippen LogP contribution in [0.3, 0.4) is 0 Å². The van der Waals surface area contributed by atoms with Gasteiger partial charge in [-0.05, 0) is 54.8 Å². The van der Waals surface area contributed by atoms with Gasteiger partial charge in [0.05, 0.1) is 23.8 Å². The van der Waals surface area contributed by atoms with Gasteiger partial charge in [-0.1, -0.05) is 0 Å². The first-order valence-corrected chi connectivity index (χ1v) is 10.8. The van der Waals surface area contributed by atoms with E-state index in [1.54, 1.807) is 18.5 Å². The normalized spacial score (nSPS) is 19.7. The molecule has 0 aromatic carbocycles. The molecule has 0 bridgehead atoms. The van der Waals surface area contributed by atoms with Crippen molar-refractivity contribution < 1.29 is 9.59 Å². The van der Waals surface area contributed by atoms with E-state index in [4.69, 9.17) is 0 Å². The SMILES string of the molecule is O=C(Nc1cncc(NC(=O)C2CCSCC2)c1)C1CCSCC1. The summed E-state index contributed by atoms with van der Waals surface area (Å²) in [7, 11) is 0. The third kappa shape index (κ3) is 4.89. The monoisotopic (exact) mass is 365 g/mol. The maximum absolute atomic E-state index is 12.3. The molecule has 5 nitrogen and oxygen atoms in total. The van der Waals surface area contributed by atoms with Crippen molar-refractivity contribution in [2.75, 3.05) is 33.6 Å². The van der Waals surface area contributed by atoms with Crippen LogP contribution in [0, 0.1) is 11.8 Å². The Hall–Kier alpha value is -1.21. The third-order valence-electron chi connectivity index (χ3n) is 4.46. The molecule has 0 aliphatic carbocycles. The van der Waals surface area contributed by atoms with Gasteiger partial charge in [-0.3, -0.25) is 14.6 Å². The molecule has 2 aliphatic heterocycles. The topological polar surface area (TPSA) is 71.1 Å². The lowest BCUT2D eigenvalue weighted by atomic mass is 10.0. The Morgan fingerprint density at radius 3 is 1.67 bits per heavy atom. The van der Waals surface area contributed by atoms with E-state index in [9.17, 15) is 9.59 Å². The molecular weight excluding hydrogens is 342 g/mol. The first-order valence-electron chi connectivity index (χ1n) is 8.44. The van der Waals surface area contributed by atoms with E-state index in [1.165, 1.54) is 0 Å². The molecule has 1 aromatic heterocycles. The van der Waals surface area contributed by atoms with Gasteiger partial charge in [-0.2, -0.15) is 23.5 Å². The minimum Gasteiger partial charge on any atom is -0.324 e. The first-order chi connectivity index (χ1) is 11.7. The average molecular weight is 366 g/mol. The summed E-state index contributed by atoms with van der Waals surface area (Å²) < 4.78 is 0. The van der Waals surface area contributed by atoms with Crippen LogP contribution in [0.15, 0.2) is 18.5 Å². The van der Waals surface area contributed by atoms with Crippen LogP contribution in [0.5, 0.6) is 0 Å². The lowest BCUT2D eigenvalue weighted by molar-refractivity contribution is -0.120. The van der Waals surface area contributed by atoms with Crippen LogP contribution in [0.25, 0.3) is 0 Å². The van der Waals surface area contributed by atoms with Crippen LogP contribution in [-0.2, 0) is 9.59 Å². The summed E-state index contributed by atoms with van der Waals surface area (Å²) in [4.78, 5) is 28.8. The molecule has 2 N–H and O–H groups in total. The number of anilines is 2. The number of aromatic nitrogens is 1. The number of carbonyl (C=O) groups is 2. The van der Waals surface area contributed by atoms with E-state index in [2.05, 4.69) is 15.6 Å². The Kier molecular flexibility index (Phi) is 6.43. The van der Waals surface area contributed by atoms with Crippen molar-refractivity contribution in [2.24, 2.45) is 11.8 Å². The quantitative estimate of drug-likeness (QED) is 0.857. The van der Waals surface area contributed by atoms with Gasteiger partial charge in [0.15, 0.2) is 0 Å². The second-order valence-corrected chi connectivity index (χ2v) is 8.66. The predicted octanol–water partition coefficient (Wildman–Crippen LogP) is 3.25. The zero-order chi connectivity index (χ0) is 16.8. The Morgan fingerprint density at radius 2 is 1.25 bits per heavy atom. The van der Waals surface area contributed by atoms with E-state index < -0.39 is 0 Å². The van der Waals surface area contributed by atoms with Crippen LogP contribution in [0.2, 0.25) is 0 Å². The third-order valence-corrected chi connectivity index (χ3v) is 6.56. The molecule has 3 heterocycles. The lowest BCUT2D eigenvalue weighted by Gasteiger charge is -2.21. The highest BCUT2D eigenvalue weighted by Crippen LogP contribution is 2.26. The highest BCUT2D eigenvalue weighted by Gasteiger charge is 2.23. The molecule has 3 rings (SSSR count). The van der Waals surface area contributed by atoms with Crippen molar-refractivity contribution in [2.45, 2.75) is 25.7 Å². The minimum absolute atomic E-state index is 0.0601. The number of rotatable bonds is 4. The summed E-state index contributed by atoms with van der Waals surface area (Å²) in [5.41, 5.74) is 1.30. The fourth-order valence-corrected chi connectivity index (χ4v) is 5.20. The van der Waals surface area contributed by atoms with E-state index in [-0.39, 0.29) is 23.7 Å². The molecule has 2 amide bonds. The molecule has 0 spiro atoms. The summed E-state index contributed by atoms with van der Waals surface area (Å²) in [6.45, 7) is 0. The van der Waals surface area contributed by atoms with Gasteiger partial charge in [0.1, 0.15) is 0 Å². The predicted molar refractivity (Wildman–Crippen MR) is 102 cm³/mol. The average Bonchev–Trinajstić information content (AvgIpc) is 2.63. The number of nitrogens with zero attached hydrogens (tertiary/aromatic N) is 1. The van der Waals surface area contributed by atoms with Gasteiger partial charge in [0.25, 0.3) is 0 Å². The van der Waals surface area contributed by atoms with Gasteiger partial charge in [-0.15, -0.1) is 0 Å². The Balaban J connectivity index is 1.57. The van der Waals surface area contributed by atoms with Crippen LogP contribution in [0.4, 0.5) is 11.4 Å². The van der Waals surface area contributed by atoms with Crippen LogP contribution in [0.1, 0.15) is 25.7 Å². The molecule has 2 aliphatic rings. The lowest BCUT2D eigenvalue weighted by Crippen LogP contribution is -2.27.